The average molecular weight is 262 g/mol. The Hall–Kier alpha value is -0.420. The van der Waals surface area contributed by atoms with Crippen LogP contribution in [-0.2, 0) is 10.8 Å². The minimum Gasteiger partial charge on any atom is -0.396 e. The number of aliphatic hydroxyl groups excluding tert-OH is 1. The lowest BCUT2D eigenvalue weighted by Gasteiger charge is -2.14. The summed E-state index contributed by atoms with van der Waals surface area (Å²) in [6.45, 7) is 0.101. The summed E-state index contributed by atoms with van der Waals surface area (Å²) < 4.78 is 11.9. The van der Waals surface area contributed by atoms with E-state index in [1.54, 1.807) is 31.3 Å². The molecule has 0 fully saturated rings. The van der Waals surface area contributed by atoms with Crippen molar-refractivity contribution in [1.29, 1.82) is 0 Å². The van der Waals surface area contributed by atoms with Crippen molar-refractivity contribution in [3.8, 4) is 0 Å². The van der Waals surface area contributed by atoms with Gasteiger partial charge in [-0.1, -0.05) is 11.6 Å². The molecule has 0 radical (unpaired) electrons. The van der Waals surface area contributed by atoms with Crippen LogP contribution in [0.15, 0.2) is 29.2 Å². The van der Waals surface area contributed by atoms with Gasteiger partial charge in [-0.25, -0.2) is 0 Å². The van der Waals surface area contributed by atoms with Gasteiger partial charge in [0.25, 0.3) is 0 Å². The Balaban J connectivity index is 2.60. The second kappa shape index (κ2) is 7.01. The average Bonchev–Trinajstić information content (AvgIpc) is 2.29. The fraction of sp³-hybridized carbons (Fsp3) is 0.455. The molecule has 0 aliphatic rings. The molecule has 0 aliphatic heterocycles. The van der Waals surface area contributed by atoms with Gasteiger partial charge >= 0.3 is 0 Å². The second-order valence-corrected chi connectivity index (χ2v) is 5.40. The van der Waals surface area contributed by atoms with E-state index in [9.17, 15) is 4.21 Å². The maximum atomic E-state index is 11.9. The molecule has 1 aromatic rings. The number of aliphatic hydroxyl groups is 1. The SMILES string of the molecule is CNC(CCO)CS(=O)c1ccc(Cl)cc1. The molecule has 1 rings (SSSR count). The Labute approximate surface area is 103 Å². The quantitative estimate of drug-likeness (QED) is 0.814. The molecule has 0 heterocycles. The maximum Gasteiger partial charge on any atom is 0.0545 e. The summed E-state index contributed by atoms with van der Waals surface area (Å²) in [5, 5.41) is 12.5. The molecule has 0 amide bonds. The third kappa shape index (κ3) is 4.22. The van der Waals surface area contributed by atoms with Crippen LogP contribution in [0.5, 0.6) is 0 Å². The summed E-state index contributed by atoms with van der Waals surface area (Å²) in [7, 11) is 0.750. The van der Waals surface area contributed by atoms with Crippen molar-refractivity contribution in [1.82, 2.24) is 5.32 Å². The van der Waals surface area contributed by atoms with E-state index < -0.39 is 10.8 Å². The van der Waals surface area contributed by atoms with E-state index in [0.29, 0.717) is 17.2 Å². The van der Waals surface area contributed by atoms with Gasteiger partial charge in [-0.2, -0.15) is 0 Å². The van der Waals surface area contributed by atoms with E-state index in [1.165, 1.54) is 0 Å². The van der Waals surface area contributed by atoms with Gasteiger partial charge in [0.2, 0.25) is 0 Å². The number of nitrogens with one attached hydrogen (secondary N) is 1. The molecule has 0 saturated carbocycles. The van der Waals surface area contributed by atoms with Crippen LogP contribution in [-0.4, -0.2) is 34.8 Å². The first kappa shape index (κ1) is 13.6. The summed E-state index contributed by atoms with van der Waals surface area (Å²) in [6, 6.07) is 7.07. The summed E-state index contributed by atoms with van der Waals surface area (Å²) in [6.07, 6.45) is 0.607. The highest BCUT2D eigenvalue weighted by atomic mass is 35.5. The highest BCUT2D eigenvalue weighted by Gasteiger charge is 2.11. The van der Waals surface area contributed by atoms with Gasteiger partial charge in [0, 0.05) is 28.3 Å². The van der Waals surface area contributed by atoms with Crippen molar-refractivity contribution in [2.75, 3.05) is 19.4 Å². The molecule has 0 aromatic heterocycles. The lowest BCUT2D eigenvalue weighted by molar-refractivity contribution is 0.273. The van der Waals surface area contributed by atoms with E-state index in [1.807, 2.05) is 0 Å². The minimum absolute atomic E-state index is 0.0708. The van der Waals surface area contributed by atoms with E-state index in [0.717, 1.165) is 4.90 Å². The largest absolute Gasteiger partial charge is 0.396 e. The van der Waals surface area contributed by atoms with Crippen molar-refractivity contribution in [2.24, 2.45) is 0 Å². The van der Waals surface area contributed by atoms with Gasteiger partial charge in [0.1, 0.15) is 0 Å². The molecule has 1 aromatic carbocycles. The smallest absolute Gasteiger partial charge is 0.0545 e. The predicted molar refractivity (Wildman–Crippen MR) is 67.3 cm³/mol. The van der Waals surface area contributed by atoms with E-state index in [4.69, 9.17) is 16.7 Å². The number of halogens is 1. The number of benzene rings is 1. The van der Waals surface area contributed by atoms with Crippen LogP contribution in [0, 0.1) is 0 Å². The van der Waals surface area contributed by atoms with Gasteiger partial charge in [-0.3, -0.25) is 4.21 Å². The van der Waals surface area contributed by atoms with Crippen LogP contribution >= 0.6 is 11.6 Å². The maximum absolute atomic E-state index is 11.9. The molecule has 0 saturated heterocycles. The minimum atomic E-state index is -1.06. The molecule has 3 nitrogen and oxygen atoms in total. The summed E-state index contributed by atoms with van der Waals surface area (Å²) in [4.78, 5) is 0.766. The first-order valence-electron chi connectivity index (χ1n) is 5.09. The number of hydrogen-bond donors (Lipinski definition) is 2. The van der Waals surface area contributed by atoms with Crippen molar-refractivity contribution in [2.45, 2.75) is 17.4 Å². The van der Waals surface area contributed by atoms with Gasteiger partial charge in [0.15, 0.2) is 0 Å². The van der Waals surface area contributed by atoms with Crippen LogP contribution in [0.2, 0.25) is 5.02 Å². The second-order valence-electron chi connectivity index (χ2n) is 3.46. The monoisotopic (exact) mass is 261 g/mol. The third-order valence-corrected chi connectivity index (χ3v) is 4.07. The third-order valence-electron chi connectivity index (χ3n) is 2.31. The van der Waals surface area contributed by atoms with Gasteiger partial charge < -0.3 is 10.4 Å². The molecule has 0 spiro atoms. The van der Waals surface area contributed by atoms with E-state index in [2.05, 4.69) is 5.32 Å². The first-order chi connectivity index (χ1) is 7.67. The van der Waals surface area contributed by atoms with Crippen LogP contribution in [0.25, 0.3) is 0 Å². The molecule has 90 valence electrons. The standard InChI is InChI=1S/C11H16ClNO2S/c1-13-10(6-7-14)8-16(15)11-4-2-9(12)3-5-11/h2-5,10,13-14H,6-8H2,1H3. The Bertz CT molecular complexity index is 342. The zero-order valence-electron chi connectivity index (χ0n) is 9.15. The molecule has 16 heavy (non-hydrogen) atoms. The fourth-order valence-electron chi connectivity index (χ4n) is 1.33. The molecule has 5 heteroatoms. The van der Waals surface area contributed by atoms with E-state index in [-0.39, 0.29) is 12.6 Å². The van der Waals surface area contributed by atoms with Crippen molar-refractivity contribution < 1.29 is 9.32 Å². The first-order valence-corrected chi connectivity index (χ1v) is 6.79. The molecular formula is C11H16ClNO2S. The molecule has 0 aliphatic carbocycles. The van der Waals surface area contributed by atoms with Crippen LogP contribution < -0.4 is 5.32 Å². The predicted octanol–water partition coefficient (Wildman–Crippen LogP) is 1.42. The Morgan fingerprint density at radius 2 is 2.06 bits per heavy atom. The Morgan fingerprint density at radius 1 is 1.44 bits per heavy atom. The highest BCUT2D eigenvalue weighted by Crippen LogP contribution is 2.13. The number of rotatable bonds is 6. The lowest BCUT2D eigenvalue weighted by Crippen LogP contribution is -2.31. The van der Waals surface area contributed by atoms with Crippen molar-refractivity contribution in [3.63, 3.8) is 0 Å². The normalized spacial score (nSPS) is 14.7. The van der Waals surface area contributed by atoms with Crippen LogP contribution in [0.1, 0.15) is 6.42 Å². The summed E-state index contributed by atoms with van der Waals surface area (Å²) in [5.74, 6) is 0.499. The van der Waals surface area contributed by atoms with Gasteiger partial charge in [-0.05, 0) is 37.7 Å². The van der Waals surface area contributed by atoms with E-state index >= 15 is 0 Å². The molecular weight excluding hydrogens is 246 g/mol. The molecule has 2 unspecified atom stereocenters. The zero-order chi connectivity index (χ0) is 12.0. The molecule has 0 bridgehead atoms. The van der Waals surface area contributed by atoms with Crippen LogP contribution in [0.4, 0.5) is 0 Å². The summed E-state index contributed by atoms with van der Waals surface area (Å²) >= 11 is 5.75. The highest BCUT2D eigenvalue weighted by molar-refractivity contribution is 7.85. The van der Waals surface area contributed by atoms with Crippen molar-refractivity contribution >= 4 is 22.4 Å². The molecule has 2 atom stereocenters. The van der Waals surface area contributed by atoms with Crippen LogP contribution in [0.3, 0.4) is 0 Å². The summed E-state index contributed by atoms with van der Waals surface area (Å²) in [5.41, 5.74) is 0. The topological polar surface area (TPSA) is 49.3 Å². The zero-order valence-corrected chi connectivity index (χ0v) is 10.7. The van der Waals surface area contributed by atoms with Crippen molar-refractivity contribution in [3.05, 3.63) is 29.3 Å². The van der Waals surface area contributed by atoms with Gasteiger partial charge in [0.05, 0.1) is 10.8 Å². The molecule has 2 N–H and O–H groups in total. The Morgan fingerprint density at radius 3 is 2.56 bits per heavy atom. The fourth-order valence-corrected chi connectivity index (χ4v) is 2.79. The van der Waals surface area contributed by atoms with Gasteiger partial charge in [-0.15, -0.1) is 0 Å². The lowest BCUT2D eigenvalue weighted by atomic mass is 10.2. The Kier molecular flexibility index (Phi) is 5.98. The number of hydrogen-bond acceptors (Lipinski definition) is 3.